The number of carbonyl (C=O) groups excluding carboxylic acids is 2. The summed E-state index contributed by atoms with van der Waals surface area (Å²) in [5.41, 5.74) is 0.486. The van der Waals surface area contributed by atoms with E-state index in [4.69, 9.17) is 11.6 Å². The van der Waals surface area contributed by atoms with Gasteiger partial charge in [0.25, 0.3) is 10.0 Å². The zero-order valence-corrected chi connectivity index (χ0v) is 17.8. The Balaban J connectivity index is 1.57. The van der Waals surface area contributed by atoms with Crippen LogP contribution in [0.4, 0.5) is 15.8 Å². The van der Waals surface area contributed by atoms with Crippen molar-refractivity contribution in [1.29, 1.82) is 0 Å². The Labute approximate surface area is 181 Å². The van der Waals surface area contributed by atoms with E-state index in [1.807, 2.05) is 0 Å². The number of rotatable bonds is 8. The van der Waals surface area contributed by atoms with Crippen molar-refractivity contribution in [3.05, 3.63) is 75.7 Å². The average molecular weight is 467 g/mol. The van der Waals surface area contributed by atoms with Crippen LogP contribution in [0.1, 0.15) is 22.5 Å². The van der Waals surface area contributed by atoms with Crippen molar-refractivity contribution in [2.75, 3.05) is 10.0 Å². The summed E-state index contributed by atoms with van der Waals surface area (Å²) < 4.78 is 40.8. The summed E-state index contributed by atoms with van der Waals surface area (Å²) in [6, 6.07) is 13.8. The van der Waals surface area contributed by atoms with Gasteiger partial charge in [-0.15, -0.1) is 11.3 Å². The molecule has 1 heterocycles. The maximum atomic E-state index is 13.2. The number of sulfonamides is 1. The van der Waals surface area contributed by atoms with Crippen LogP contribution in [0.5, 0.6) is 0 Å². The maximum absolute atomic E-state index is 13.2. The fraction of sp³-hybridized carbons (Fsp3) is 0.100. The Kier molecular flexibility index (Phi) is 6.86. The molecule has 1 aromatic heterocycles. The fourth-order valence-electron chi connectivity index (χ4n) is 2.52. The molecule has 0 bridgehead atoms. The highest BCUT2D eigenvalue weighted by Crippen LogP contribution is 2.23. The molecule has 6 nitrogen and oxygen atoms in total. The van der Waals surface area contributed by atoms with Gasteiger partial charge in [-0.3, -0.25) is 14.3 Å². The number of thiophene rings is 1. The molecule has 30 heavy (non-hydrogen) atoms. The van der Waals surface area contributed by atoms with Gasteiger partial charge in [-0.2, -0.15) is 0 Å². The summed E-state index contributed by atoms with van der Waals surface area (Å²) in [4.78, 5) is 24.5. The van der Waals surface area contributed by atoms with Gasteiger partial charge in [-0.25, -0.2) is 12.8 Å². The third-order valence-corrected chi connectivity index (χ3v) is 6.62. The predicted molar refractivity (Wildman–Crippen MR) is 115 cm³/mol. The number of hydrogen-bond donors (Lipinski definition) is 2. The monoisotopic (exact) mass is 466 g/mol. The van der Waals surface area contributed by atoms with Crippen molar-refractivity contribution in [2.45, 2.75) is 17.7 Å². The summed E-state index contributed by atoms with van der Waals surface area (Å²) in [6.45, 7) is 0. The number of Topliss-reactive ketones (excluding diaryl/α,β-unsaturated/α-hetero) is 1. The smallest absolute Gasteiger partial charge is 0.261 e. The molecule has 0 radical (unpaired) electrons. The molecule has 0 saturated carbocycles. The van der Waals surface area contributed by atoms with Crippen LogP contribution >= 0.6 is 22.9 Å². The predicted octanol–water partition coefficient (Wildman–Crippen LogP) is 4.94. The van der Waals surface area contributed by atoms with Crippen LogP contribution in [0.25, 0.3) is 0 Å². The quantitative estimate of drug-likeness (QED) is 0.460. The fourth-order valence-corrected chi connectivity index (χ4v) is 4.58. The first-order valence-corrected chi connectivity index (χ1v) is 11.4. The zero-order valence-electron chi connectivity index (χ0n) is 15.4. The van der Waals surface area contributed by atoms with Crippen molar-refractivity contribution >= 4 is 56.0 Å². The maximum Gasteiger partial charge on any atom is 0.261 e. The lowest BCUT2D eigenvalue weighted by Crippen LogP contribution is -2.14. The molecule has 0 aliphatic carbocycles. The van der Waals surface area contributed by atoms with Crippen molar-refractivity contribution < 1.29 is 22.4 Å². The normalized spacial score (nSPS) is 11.1. The van der Waals surface area contributed by atoms with Crippen molar-refractivity contribution in [3.63, 3.8) is 0 Å². The van der Waals surface area contributed by atoms with Gasteiger partial charge < -0.3 is 5.32 Å². The van der Waals surface area contributed by atoms with Crippen molar-refractivity contribution in [3.8, 4) is 0 Å². The Morgan fingerprint density at radius 1 is 0.967 bits per heavy atom. The number of benzene rings is 2. The number of halogens is 2. The Morgan fingerprint density at radius 2 is 1.70 bits per heavy atom. The molecule has 0 aliphatic rings. The molecule has 0 atom stereocenters. The number of anilines is 2. The highest BCUT2D eigenvalue weighted by Gasteiger charge is 2.15. The molecule has 0 saturated heterocycles. The van der Waals surface area contributed by atoms with Gasteiger partial charge in [0, 0.05) is 18.5 Å². The number of hydrogen-bond acceptors (Lipinski definition) is 5. The first-order chi connectivity index (χ1) is 14.2. The molecular formula is C20H16ClFN2O4S2. The molecule has 156 valence electrons. The van der Waals surface area contributed by atoms with E-state index in [0.717, 1.165) is 17.4 Å². The van der Waals surface area contributed by atoms with Crippen LogP contribution in [-0.2, 0) is 14.8 Å². The molecule has 10 heteroatoms. The van der Waals surface area contributed by atoms with E-state index in [9.17, 15) is 22.4 Å². The minimum absolute atomic E-state index is 0.0183. The van der Waals surface area contributed by atoms with Gasteiger partial charge in [0.1, 0.15) is 5.82 Å². The molecular weight excluding hydrogens is 451 g/mol. The summed E-state index contributed by atoms with van der Waals surface area (Å²) in [7, 11) is -3.91. The highest BCUT2D eigenvalue weighted by atomic mass is 35.5. The van der Waals surface area contributed by atoms with E-state index >= 15 is 0 Å². The zero-order chi connectivity index (χ0) is 21.7. The van der Waals surface area contributed by atoms with Crippen LogP contribution in [0, 0.1) is 5.82 Å². The molecule has 2 aromatic carbocycles. The lowest BCUT2D eigenvalue weighted by molar-refractivity contribution is -0.116. The number of amides is 1. The van der Waals surface area contributed by atoms with Gasteiger partial charge in [0.15, 0.2) is 5.78 Å². The Morgan fingerprint density at radius 3 is 2.33 bits per heavy atom. The molecule has 2 N–H and O–H groups in total. The number of ketones is 1. The SMILES string of the molecule is O=C(CCC(=O)c1ccc(Cl)s1)Nc1ccc(S(=O)(=O)Nc2cccc(F)c2)cc1. The molecule has 3 aromatic rings. The third kappa shape index (κ3) is 5.88. The molecule has 1 amide bonds. The topological polar surface area (TPSA) is 92.3 Å². The lowest BCUT2D eigenvalue weighted by atomic mass is 10.2. The summed E-state index contributed by atoms with van der Waals surface area (Å²) >= 11 is 6.95. The van der Waals surface area contributed by atoms with Crippen LogP contribution in [0.15, 0.2) is 65.6 Å². The lowest BCUT2D eigenvalue weighted by Gasteiger charge is -2.09. The molecule has 3 rings (SSSR count). The molecule has 0 spiro atoms. The second-order valence-electron chi connectivity index (χ2n) is 6.22. The van der Waals surface area contributed by atoms with E-state index < -0.39 is 15.8 Å². The van der Waals surface area contributed by atoms with Crippen LogP contribution in [0.3, 0.4) is 0 Å². The second kappa shape index (κ2) is 9.38. The minimum Gasteiger partial charge on any atom is -0.326 e. The van der Waals surface area contributed by atoms with Gasteiger partial charge >= 0.3 is 0 Å². The van der Waals surface area contributed by atoms with Gasteiger partial charge in [0.05, 0.1) is 19.8 Å². The van der Waals surface area contributed by atoms with Gasteiger partial charge in [-0.1, -0.05) is 17.7 Å². The van der Waals surface area contributed by atoms with E-state index in [-0.39, 0.29) is 35.1 Å². The van der Waals surface area contributed by atoms with E-state index in [0.29, 0.717) is 14.9 Å². The number of carbonyl (C=O) groups is 2. The van der Waals surface area contributed by atoms with E-state index in [1.54, 1.807) is 12.1 Å². The summed E-state index contributed by atoms with van der Waals surface area (Å²) in [6.07, 6.45) is 0.0161. The van der Waals surface area contributed by atoms with Gasteiger partial charge in [0.2, 0.25) is 5.91 Å². The minimum atomic E-state index is -3.91. The second-order valence-corrected chi connectivity index (χ2v) is 9.61. The standard InChI is InChI=1S/C20H16ClFN2O4S2/c21-19-10-9-18(29-19)17(25)8-11-20(26)23-14-4-6-16(7-5-14)30(27,28)24-15-3-1-2-13(22)12-15/h1-7,9-10,12,24H,8,11H2,(H,23,26). The first kappa shape index (κ1) is 21.9. The van der Waals surface area contributed by atoms with Crippen LogP contribution < -0.4 is 10.0 Å². The van der Waals surface area contributed by atoms with Crippen molar-refractivity contribution in [1.82, 2.24) is 0 Å². The highest BCUT2D eigenvalue weighted by molar-refractivity contribution is 7.92. The third-order valence-electron chi connectivity index (χ3n) is 3.95. The van der Waals surface area contributed by atoms with Crippen LogP contribution in [0.2, 0.25) is 4.34 Å². The van der Waals surface area contributed by atoms with Crippen molar-refractivity contribution in [2.24, 2.45) is 0 Å². The molecule has 0 fully saturated rings. The largest absolute Gasteiger partial charge is 0.326 e. The first-order valence-electron chi connectivity index (χ1n) is 8.70. The Hall–Kier alpha value is -2.75. The van der Waals surface area contributed by atoms with E-state index in [2.05, 4.69) is 10.0 Å². The number of nitrogens with one attached hydrogen (secondary N) is 2. The Bertz CT molecular complexity index is 1180. The summed E-state index contributed by atoms with van der Waals surface area (Å²) in [5.74, 6) is -1.11. The van der Waals surface area contributed by atoms with E-state index in [1.165, 1.54) is 42.5 Å². The average Bonchev–Trinajstić information content (AvgIpc) is 3.13. The summed E-state index contributed by atoms with van der Waals surface area (Å²) in [5, 5.41) is 2.61. The molecule has 0 unspecified atom stereocenters. The van der Waals surface area contributed by atoms with Crippen LogP contribution in [-0.4, -0.2) is 20.1 Å². The molecule has 0 aliphatic heterocycles. The van der Waals surface area contributed by atoms with Gasteiger partial charge in [-0.05, 0) is 54.6 Å².